The van der Waals surface area contributed by atoms with Crippen LogP contribution in [0.2, 0.25) is 0 Å². The van der Waals surface area contributed by atoms with Crippen molar-refractivity contribution in [3.05, 3.63) is 41.2 Å². The molecule has 1 atom stereocenters. The van der Waals surface area contributed by atoms with Crippen molar-refractivity contribution < 1.29 is 14.3 Å². The first kappa shape index (κ1) is 18.5. The second-order valence-corrected chi connectivity index (χ2v) is 6.79. The van der Waals surface area contributed by atoms with Crippen molar-refractivity contribution in [2.75, 3.05) is 18.5 Å². The van der Waals surface area contributed by atoms with Gasteiger partial charge in [0, 0.05) is 31.5 Å². The van der Waals surface area contributed by atoms with Crippen LogP contribution >= 0.6 is 0 Å². The van der Waals surface area contributed by atoms with Crippen molar-refractivity contribution in [1.82, 2.24) is 9.78 Å². The molecule has 140 valence electrons. The highest BCUT2D eigenvalue weighted by Crippen LogP contribution is 2.19. The van der Waals surface area contributed by atoms with Crippen LogP contribution in [0.5, 0.6) is 5.75 Å². The fourth-order valence-electron chi connectivity index (χ4n) is 3.24. The average Bonchev–Trinajstić information content (AvgIpc) is 3.22. The van der Waals surface area contributed by atoms with Crippen LogP contribution < -0.4 is 10.1 Å². The van der Waals surface area contributed by atoms with Gasteiger partial charge in [0.25, 0.3) is 0 Å². The molecule has 2 heterocycles. The van der Waals surface area contributed by atoms with E-state index in [1.165, 1.54) is 0 Å². The quantitative estimate of drug-likeness (QED) is 0.827. The minimum absolute atomic E-state index is 0.000627. The molecule has 1 N–H and O–H groups in total. The van der Waals surface area contributed by atoms with Gasteiger partial charge in [-0.15, -0.1) is 0 Å². The first-order valence-electron chi connectivity index (χ1n) is 9.16. The Hall–Kier alpha value is -2.34. The summed E-state index contributed by atoms with van der Waals surface area (Å²) in [4.78, 5) is 12.2. The maximum Gasteiger partial charge on any atom is 0.224 e. The lowest BCUT2D eigenvalue weighted by molar-refractivity contribution is -0.116. The fraction of sp³-hybridized carbons (Fsp3) is 0.500. The summed E-state index contributed by atoms with van der Waals surface area (Å²) in [6, 6.07) is 7.48. The number of amides is 1. The van der Waals surface area contributed by atoms with Crippen molar-refractivity contribution in [1.29, 1.82) is 0 Å². The highest BCUT2D eigenvalue weighted by Gasteiger charge is 2.16. The van der Waals surface area contributed by atoms with Crippen LogP contribution in [0.4, 0.5) is 5.69 Å². The van der Waals surface area contributed by atoms with Gasteiger partial charge in [-0.1, -0.05) is 0 Å². The predicted molar refractivity (Wildman–Crippen MR) is 101 cm³/mol. The first-order chi connectivity index (χ1) is 12.5. The molecule has 1 fully saturated rings. The Morgan fingerprint density at radius 2 is 2.12 bits per heavy atom. The number of rotatable bonds is 7. The molecule has 0 radical (unpaired) electrons. The normalized spacial score (nSPS) is 16.7. The van der Waals surface area contributed by atoms with Gasteiger partial charge in [-0.25, -0.2) is 0 Å². The van der Waals surface area contributed by atoms with Gasteiger partial charge in [0.05, 0.1) is 11.8 Å². The maximum absolute atomic E-state index is 12.2. The molecular formula is C20H27N3O3. The summed E-state index contributed by atoms with van der Waals surface area (Å²) in [5.74, 6) is 0.792. The van der Waals surface area contributed by atoms with Gasteiger partial charge in [0.2, 0.25) is 5.91 Å². The molecule has 0 aliphatic carbocycles. The van der Waals surface area contributed by atoms with Gasteiger partial charge < -0.3 is 14.8 Å². The van der Waals surface area contributed by atoms with Gasteiger partial charge in [-0.2, -0.15) is 5.10 Å². The molecule has 1 aromatic carbocycles. The third-order valence-electron chi connectivity index (χ3n) is 4.86. The number of nitrogens with zero attached hydrogens (tertiary/aromatic N) is 2. The molecular weight excluding hydrogens is 330 g/mol. The van der Waals surface area contributed by atoms with Gasteiger partial charge in [-0.05, 0) is 62.9 Å². The smallest absolute Gasteiger partial charge is 0.224 e. The highest BCUT2D eigenvalue weighted by molar-refractivity contribution is 5.90. The van der Waals surface area contributed by atoms with E-state index in [0.29, 0.717) is 19.4 Å². The largest absolute Gasteiger partial charge is 0.491 e. The fourth-order valence-corrected chi connectivity index (χ4v) is 3.24. The number of carbonyl (C=O) groups is 1. The minimum atomic E-state index is 0.000627. The third-order valence-corrected chi connectivity index (χ3v) is 4.86. The molecule has 0 spiro atoms. The second-order valence-electron chi connectivity index (χ2n) is 6.79. The van der Waals surface area contributed by atoms with E-state index in [1.54, 1.807) is 0 Å². The monoisotopic (exact) mass is 357 g/mol. The van der Waals surface area contributed by atoms with Gasteiger partial charge in [0.15, 0.2) is 0 Å². The summed E-state index contributed by atoms with van der Waals surface area (Å²) < 4.78 is 13.1. The predicted octanol–water partition coefficient (Wildman–Crippen LogP) is 3.17. The molecule has 2 aromatic rings. The molecule has 26 heavy (non-hydrogen) atoms. The van der Waals surface area contributed by atoms with Crippen molar-refractivity contribution in [3.63, 3.8) is 0 Å². The lowest BCUT2D eigenvalue weighted by Crippen LogP contribution is -2.16. The molecule has 1 aromatic heterocycles. The van der Waals surface area contributed by atoms with E-state index in [4.69, 9.17) is 9.47 Å². The number of hydrogen-bond acceptors (Lipinski definition) is 4. The van der Waals surface area contributed by atoms with Gasteiger partial charge in [0.1, 0.15) is 12.4 Å². The Balaban J connectivity index is 1.46. The standard InChI is InChI=1S/C20H27N3O3/c1-14-19(15(2)23(3)22-14)10-11-20(24)21-16-6-8-17(9-7-16)26-13-18-5-4-12-25-18/h6-9,18H,4-5,10-13H2,1-3H3,(H,21,24). The zero-order valence-electron chi connectivity index (χ0n) is 15.7. The number of carbonyl (C=O) groups excluding carboxylic acids is 1. The molecule has 0 saturated carbocycles. The minimum Gasteiger partial charge on any atom is -0.491 e. The molecule has 1 aliphatic heterocycles. The summed E-state index contributed by atoms with van der Waals surface area (Å²) in [6.45, 7) is 5.42. The Kier molecular flexibility index (Phi) is 5.93. The van der Waals surface area contributed by atoms with Crippen molar-refractivity contribution in [3.8, 4) is 5.75 Å². The van der Waals surface area contributed by atoms with Crippen LogP contribution in [0, 0.1) is 13.8 Å². The second kappa shape index (κ2) is 8.36. The summed E-state index contributed by atoms with van der Waals surface area (Å²) >= 11 is 0. The Morgan fingerprint density at radius 3 is 2.73 bits per heavy atom. The van der Waals surface area contributed by atoms with Crippen molar-refractivity contribution >= 4 is 11.6 Å². The van der Waals surface area contributed by atoms with Gasteiger partial charge >= 0.3 is 0 Å². The molecule has 1 saturated heterocycles. The molecule has 6 nitrogen and oxygen atoms in total. The van der Waals surface area contributed by atoms with Gasteiger partial charge in [-0.3, -0.25) is 9.48 Å². The van der Waals surface area contributed by atoms with Crippen LogP contribution in [-0.2, 0) is 23.0 Å². The Labute approximate surface area is 154 Å². The number of benzene rings is 1. The number of aromatic nitrogens is 2. The van der Waals surface area contributed by atoms with E-state index in [0.717, 1.165) is 47.8 Å². The summed E-state index contributed by atoms with van der Waals surface area (Å²) in [6.07, 6.45) is 3.50. The van der Waals surface area contributed by atoms with E-state index >= 15 is 0 Å². The lowest BCUT2D eigenvalue weighted by atomic mass is 10.1. The van der Waals surface area contributed by atoms with Crippen molar-refractivity contribution in [2.45, 2.75) is 45.6 Å². The van der Waals surface area contributed by atoms with E-state index in [2.05, 4.69) is 10.4 Å². The summed E-state index contributed by atoms with van der Waals surface area (Å²) in [7, 11) is 1.92. The van der Waals surface area contributed by atoms with Crippen LogP contribution in [0.3, 0.4) is 0 Å². The highest BCUT2D eigenvalue weighted by atomic mass is 16.5. The topological polar surface area (TPSA) is 65.4 Å². The maximum atomic E-state index is 12.2. The zero-order chi connectivity index (χ0) is 18.5. The average molecular weight is 357 g/mol. The molecule has 1 amide bonds. The Morgan fingerprint density at radius 1 is 1.35 bits per heavy atom. The molecule has 1 unspecified atom stereocenters. The lowest BCUT2D eigenvalue weighted by Gasteiger charge is -2.12. The van der Waals surface area contributed by atoms with Crippen molar-refractivity contribution in [2.24, 2.45) is 7.05 Å². The van der Waals surface area contributed by atoms with E-state index < -0.39 is 0 Å². The summed E-state index contributed by atoms with van der Waals surface area (Å²) in [5.41, 5.74) is 4.04. The number of ether oxygens (including phenoxy) is 2. The SMILES string of the molecule is Cc1nn(C)c(C)c1CCC(=O)Nc1ccc(OCC2CCCO2)cc1. The third kappa shape index (κ3) is 4.64. The first-order valence-corrected chi connectivity index (χ1v) is 9.16. The van der Waals surface area contributed by atoms with Crippen LogP contribution in [0.15, 0.2) is 24.3 Å². The number of hydrogen-bond donors (Lipinski definition) is 1. The molecule has 0 bridgehead atoms. The number of aryl methyl sites for hydroxylation is 2. The summed E-state index contributed by atoms with van der Waals surface area (Å²) in [5, 5.41) is 7.33. The molecule has 1 aliphatic rings. The molecule has 3 rings (SSSR count). The number of nitrogens with one attached hydrogen (secondary N) is 1. The van der Waals surface area contributed by atoms with Crippen LogP contribution in [0.1, 0.15) is 36.2 Å². The number of anilines is 1. The van der Waals surface area contributed by atoms with Crippen LogP contribution in [0.25, 0.3) is 0 Å². The zero-order valence-corrected chi connectivity index (χ0v) is 15.7. The Bertz CT molecular complexity index is 746. The van der Waals surface area contributed by atoms with E-state index in [-0.39, 0.29) is 12.0 Å². The van der Waals surface area contributed by atoms with E-state index in [9.17, 15) is 4.79 Å². The molecule has 6 heteroatoms. The van der Waals surface area contributed by atoms with Crippen LogP contribution in [-0.4, -0.2) is 35.0 Å². The van der Waals surface area contributed by atoms with E-state index in [1.807, 2.05) is 49.8 Å².